The number of thioether (sulfide) groups is 1. The van der Waals surface area contributed by atoms with Crippen molar-refractivity contribution in [3.8, 4) is 0 Å². The molecule has 0 aliphatic carbocycles. The van der Waals surface area contributed by atoms with Crippen molar-refractivity contribution in [2.75, 3.05) is 12.4 Å². The van der Waals surface area contributed by atoms with E-state index in [2.05, 4.69) is 5.32 Å². The van der Waals surface area contributed by atoms with Crippen LogP contribution in [0, 0.1) is 13.8 Å². The van der Waals surface area contributed by atoms with Crippen LogP contribution in [0.15, 0.2) is 53.4 Å². The molecule has 0 aliphatic rings. The van der Waals surface area contributed by atoms with Gasteiger partial charge in [-0.3, -0.25) is 9.59 Å². The fraction of sp³-hybridized carbons (Fsp3) is 0.300. The Labute approximate surface area is 153 Å². The molecule has 0 aromatic heterocycles. The van der Waals surface area contributed by atoms with Gasteiger partial charge >= 0.3 is 5.97 Å². The van der Waals surface area contributed by atoms with Crippen LogP contribution >= 0.6 is 11.8 Å². The molecule has 5 heteroatoms. The van der Waals surface area contributed by atoms with Crippen molar-refractivity contribution in [3.63, 3.8) is 0 Å². The molecule has 0 saturated carbocycles. The Balaban J connectivity index is 1.75. The van der Waals surface area contributed by atoms with Crippen LogP contribution in [0.3, 0.4) is 0 Å². The van der Waals surface area contributed by atoms with Gasteiger partial charge in [-0.25, -0.2) is 0 Å². The fourth-order valence-corrected chi connectivity index (χ4v) is 3.30. The van der Waals surface area contributed by atoms with E-state index < -0.39 is 5.97 Å². The van der Waals surface area contributed by atoms with Crippen molar-refractivity contribution in [1.29, 1.82) is 0 Å². The van der Waals surface area contributed by atoms with Gasteiger partial charge < -0.3 is 10.1 Å². The van der Waals surface area contributed by atoms with E-state index in [0.717, 1.165) is 21.6 Å². The summed E-state index contributed by atoms with van der Waals surface area (Å²) in [6, 6.07) is 15.6. The third kappa shape index (κ3) is 5.94. The molecule has 0 radical (unpaired) electrons. The van der Waals surface area contributed by atoms with Crippen LogP contribution in [0.5, 0.6) is 0 Å². The molecule has 25 heavy (non-hydrogen) atoms. The molecule has 1 amide bonds. The van der Waals surface area contributed by atoms with E-state index in [1.54, 1.807) is 0 Å². The molecule has 132 valence electrons. The number of nitrogens with one attached hydrogen (secondary N) is 1. The topological polar surface area (TPSA) is 55.4 Å². The maximum absolute atomic E-state index is 12.0. The van der Waals surface area contributed by atoms with Gasteiger partial charge in [0.15, 0.2) is 6.61 Å². The van der Waals surface area contributed by atoms with E-state index in [-0.39, 0.29) is 24.3 Å². The molecule has 0 aliphatic heterocycles. The number of amides is 1. The van der Waals surface area contributed by atoms with E-state index in [4.69, 9.17) is 4.74 Å². The van der Waals surface area contributed by atoms with Gasteiger partial charge in [-0.1, -0.05) is 42.5 Å². The average molecular weight is 357 g/mol. The highest BCUT2D eigenvalue weighted by Gasteiger charge is 2.13. The molecule has 0 spiro atoms. The van der Waals surface area contributed by atoms with E-state index in [9.17, 15) is 9.59 Å². The molecule has 1 atom stereocenters. The van der Waals surface area contributed by atoms with Crippen LogP contribution in [0.4, 0.5) is 0 Å². The van der Waals surface area contributed by atoms with E-state index >= 15 is 0 Å². The van der Waals surface area contributed by atoms with Gasteiger partial charge in [0.25, 0.3) is 5.91 Å². The number of ether oxygens (including phenoxy) is 1. The van der Waals surface area contributed by atoms with Crippen LogP contribution in [0.2, 0.25) is 0 Å². The second-order valence-electron chi connectivity index (χ2n) is 5.86. The number of rotatable bonds is 7. The summed E-state index contributed by atoms with van der Waals surface area (Å²) >= 11 is 1.41. The second kappa shape index (κ2) is 9.28. The molecule has 2 aromatic carbocycles. The largest absolute Gasteiger partial charge is 0.455 e. The summed E-state index contributed by atoms with van der Waals surface area (Å²) in [5.74, 6) is -0.511. The highest BCUT2D eigenvalue weighted by molar-refractivity contribution is 8.00. The SMILES string of the molecule is Cc1ccccc1SCC(=O)OCC(=O)NC(C)c1ccccc1C. The van der Waals surface area contributed by atoms with Crippen LogP contribution in [-0.4, -0.2) is 24.2 Å². The molecule has 1 N–H and O–H groups in total. The second-order valence-corrected chi connectivity index (χ2v) is 6.88. The molecule has 1 unspecified atom stereocenters. The van der Waals surface area contributed by atoms with Crippen molar-refractivity contribution < 1.29 is 14.3 Å². The first-order valence-electron chi connectivity index (χ1n) is 8.16. The molecule has 0 fully saturated rings. The zero-order chi connectivity index (χ0) is 18.2. The predicted molar refractivity (Wildman–Crippen MR) is 101 cm³/mol. The lowest BCUT2D eigenvalue weighted by atomic mass is 10.0. The first-order valence-corrected chi connectivity index (χ1v) is 9.15. The summed E-state index contributed by atoms with van der Waals surface area (Å²) < 4.78 is 5.06. The number of benzene rings is 2. The van der Waals surface area contributed by atoms with Gasteiger partial charge in [0, 0.05) is 4.90 Å². The summed E-state index contributed by atoms with van der Waals surface area (Å²) in [4.78, 5) is 24.8. The quantitative estimate of drug-likeness (QED) is 0.605. The minimum Gasteiger partial charge on any atom is -0.455 e. The Morgan fingerprint density at radius 3 is 2.36 bits per heavy atom. The van der Waals surface area contributed by atoms with Crippen LogP contribution in [0.25, 0.3) is 0 Å². The summed E-state index contributed by atoms with van der Waals surface area (Å²) in [7, 11) is 0. The monoisotopic (exact) mass is 357 g/mol. The van der Waals surface area contributed by atoms with E-state index in [1.165, 1.54) is 11.8 Å². The lowest BCUT2D eigenvalue weighted by molar-refractivity contribution is -0.146. The van der Waals surface area contributed by atoms with Gasteiger partial charge in [-0.05, 0) is 43.5 Å². The highest BCUT2D eigenvalue weighted by Crippen LogP contribution is 2.21. The highest BCUT2D eigenvalue weighted by atomic mass is 32.2. The zero-order valence-corrected chi connectivity index (χ0v) is 15.6. The number of esters is 1. The summed E-state index contributed by atoms with van der Waals surface area (Å²) in [6.45, 7) is 5.65. The normalized spacial score (nSPS) is 11.6. The summed E-state index contributed by atoms with van der Waals surface area (Å²) in [5.41, 5.74) is 3.28. The molecule has 2 rings (SSSR count). The lowest BCUT2D eigenvalue weighted by Crippen LogP contribution is -2.31. The summed E-state index contributed by atoms with van der Waals surface area (Å²) in [6.07, 6.45) is 0. The summed E-state index contributed by atoms with van der Waals surface area (Å²) in [5, 5.41) is 2.85. The predicted octanol–water partition coefficient (Wildman–Crippen LogP) is 3.82. The number of carbonyl (C=O) groups is 2. The van der Waals surface area contributed by atoms with Crippen molar-refractivity contribution >= 4 is 23.6 Å². The number of carbonyl (C=O) groups excluding carboxylic acids is 2. The minimum atomic E-state index is -0.396. The third-order valence-electron chi connectivity index (χ3n) is 3.84. The van der Waals surface area contributed by atoms with Gasteiger partial charge in [-0.15, -0.1) is 11.8 Å². The van der Waals surface area contributed by atoms with Crippen LogP contribution < -0.4 is 5.32 Å². The Bertz CT molecular complexity index is 745. The Kier molecular flexibility index (Phi) is 7.07. The molecule has 4 nitrogen and oxygen atoms in total. The van der Waals surface area contributed by atoms with Gasteiger partial charge in [0.2, 0.25) is 0 Å². The third-order valence-corrected chi connectivity index (χ3v) is 4.98. The number of hydrogen-bond acceptors (Lipinski definition) is 4. The maximum atomic E-state index is 12.0. The zero-order valence-electron chi connectivity index (χ0n) is 14.7. The molecular formula is C20H23NO3S. The fourth-order valence-electron chi connectivity index (χ4n) is 2.48. The van der Waals surface area contributed by atoms with Gasteiger partial charge in [-0.2, -0.15) is 0 Å². The first kappa shape index (κ1) is 19.1. The van der Waals surface area contributed by atoms with Gasteiger partial charge in [0.05, 0.1) is 11.8 Å². The van der Waals surface area contributed by atoms with E-state index in [1.807, 2.05) is 69.3 Å². The molecule has 2 aromatic rings. The Morgan fingerprint density at radius 1 is 1.04 bits per heavy atom. The van der Waals surface area contributed by atoms with Crippen LogP contribution in [0.1, 0.15) is 29.7 Å². The lowest BCUT2D eigenvalue weighted by Gasteiger charge is -2.16. The Hall–Kier alpha value is -2.27. The standard InChI is InChI=1S/C20H23NO3S/c1-14-8-4-6-10-17(14)16(3)21-19(22)12-24-20(23)13-25-18-11-7-5-9-15(18)2/h4-11,16H,12-13H2,1-3H3,(H,21,22). The van der Waals surface area contributed by atoms with Crippen molar-refractivity contribution in [2.45, 2.75) is 31.7 Å². The number of aryl methyl sites for hydroxylation is 2. The molecule has 0 saturated heterocycles. The molecular weight excluding hydrogens is 334 g/mol. The number of hydrogen-bond donors (Lipinski definition) is 1. The van der Waals surface area contributed by atoms with Crippen molar-refractivity contribution in [3.05, 3.63) is 65.2 Å². The average Bonchev–Trinajstić information content (AvgIpc) is 2.59. The minimum absolute atomic E-state index is 0.131. The van der Waals surface area contributed by atoms with Gasteiger partial charge in [0.1, 0.15) is 0 Å². The van der Waals surface area contributed by atoms with Crippen molar-refractivity contribution in [2.24, 2.45) is 0 Å². The molecule has 0 bridgehead atoms. The van der Waals surface area contributed by atoms with Crippen LogP contribution in [-0.2, 0) is 14.3 Å². The Morgan fingerprint density at radius 2 is 1.68 bits per heavy atom. The smallest absolute Gasteiger partial charge is 0.316 e. The maximum Gasteiger partial charge on any atom is 0.316 e. The van der Waals surface area contributed by atoms with E-state index in [0.29, 0.717) is 0 Å². The van der Waals surface area contributed by atoms with Crippen molar-refractivity contribution in [1.82, 2.24) is 5.32 Å². The molecule has 0 heterocycles. The first-order chi connectivity index (χ1) is 12.0.